The van der Waals surface area contributed by atoms with Gasteiger partial charge in [-0.05, 0) is 30.7 Å². The Morgan fingerprint density at radius 1 is 0.857 bits per heavy atom. The second-order valence-corrected chi connectivity index (χ2v) is 4.91. The Bertz CT molecular complexity index is 777. The number of fused-ring (bicyclic) bond motifs is 1. The van der Waals surface area contributed by atoms with Gasteiger partial charge in [0.2, 0.25) is 0 Å². The average Bonchev–Trinajstić information content (AvgIpc) is 2.46. The maximum absolute atomic E-state index is 4.40. The zero-order chi connectivity index (χ0) is 13.9. The monoisotopic (exact) mass is 348 g/mol. The summed E-state index contributed by atoms with van der Waals surface area (Å²) in [5.74, 6) is 0. The van der Waals surface area contributed by atoms with Gasteiger partial charge in [-0.25, -0.2) is 0 Å². The molecule has 3 aromatic rings. The molecule has 0 aliphatic carbocycles. The molecule has 0 amide bonds. The van der Waals surface area contributed by atoms with Crippen molar-refractivity contribution in [2.75, 3.05) is 0 Å². The van der Waals surface area contributed by atoms with Crippen molar-refractivity contribution in [2.45, 2.75) is 13.8 Å². The molecule has 2 nitrogen and oxygen atoms in total. The molecule has 0 spiro atoms. The van der Waals surface area contributed by atoms with E-state index in [2.05, 4.69) is 65.6 Å². The van der Waals surface area contributed by atoms with Crippen molar-refractivity contribution in [1.82, 2.24) is 9.97 Å². The summed E-state index contributed by atoms with van der Waals surface area (Å²) in [4.78, 5) is 8.69. The molecule has 0 N–H and O–H groups in total. The third-order valence-electron chi connectivity index (χ3n) is 3.17. The summed E-state index contributed by atoms with van der Waals surface area (Å²) in [6.45, 7) is 3.99. The van der Waals surface area contributed by atoms with E-state index in [0.717, 1.165) is 22.3 Å². The number of nitrogens with zero attached hydrogens (tertiary/aromatic N) is 2. The van der Waals surface area contributed by atoms with Gasteiger partial charge in [0.25, 0.3) is 0 Å². The summed E-state index contributed by atoms with van der Waals surface area (Å²) < 4.78 is 0. The molecular formula is C18H15N2Y+2. The minimum Gasteiger partial charge on any atom is -0.448 e. The molecule has 0 aliphatic heterocycles. The van der Waals surface area contributed by atoms with Gasteiger partial charge in [0, 0.05) is 5.52 Å². The quantitative estimate of drug-likeness (QED) is 0.512. The van der Waals surface area contributed by atoms with E-state index < -0.39 is 0 Å². The predicted octanol–water partition coefficient (Wildman–Crippen LogP) is 4.21. The number of rotatable bonds is 2. The van der Waals surface area contributed by atoms with Crippen LogP contribution in [0, 0.1) is 20.0 Å². The van der Waals surface area contributed by atoms with E-state index in [1.807, 2.05) is 19.1 Å². The number of benzene rings is 2. The maximum atomic E-state index is 4.40. The van der Waals surface area contributed by atoms with E-state index >= 15 is 0 Å². The minimum atomic E-state index is 0. The SMILES string of the molecule is Cc1ccc(/C=C/c2ccc3nc(C)[c-]nc3c2)cc1.[Y+3]. The molecule has 0 unspecified atom stereocenters. The van der Waals surface area contributed by atoms with Crippen LogP contribution in [-0.4, -0.2) is 9.97 Å². The normalized spacial score (nSPS) is 10.8. The van der Waals surface area contributed by atoms with Crippen molar-refractivity contribution in [3.8, 4) is 0 Å². The van der Waals surface area contributed by atoms with Crippen LogP contribution >= 0.6 is 0 Å². The first kappa shape index (κ1) is 16.0. The van der Waals surface area contributed by atoms with Gasteiger partial charge < -0.3 is 4.98 Å². The topological polar surface area (TPSA) is 25.8 Å². The summed E-state index contributed by atoms with van der Waals surface area (Å²) in [7, 11) is 0. The molecule has 0 saturated heterocycles. The molecule has 98 valence electrons. The van der Waals surface area contributed by atoms with Crippen molar-refractivity contribution in [3.63, 3.8) is 0 Å². The molecule has 3 heteroatoms. The van der Waals surface area contributed by atoms with E-state index in [0.29, 0.717) is 0 Å². The first-order valence-electron chi connectivity index (χ1n) is 6.61. The molecule has 1 heterocycles. The van der Waals surface area contributed by atoms with Crippen molar-refractivity contribution >= 4 is 23.2 Å². The fourth-order valence-electron chi connectivity index (χ4n) is 2.05. The van der Waals surface area contributed by atoms with Crippen molar-refractivity contribution in [2.24, 2.45) is 0 Å². The zero-order valence-corrected chi connectivity index (χ0v) is 15.0. The molecule has 3 rings (SSSR count). The number of hydrogen-bond donors (Lipinski definition) is 0. The third-order valence-corrected chi connectivity index (χ3v) is 3.17. The standard InChI is InChI=1S/C18H15N2.Y/c1-13-3-5-15(6-4-13)7-8-16-9-10-17-18(11-16)19-12-14(2)20-17;/h3-11H,1-2H3;/q-1;+3/b8-7+;. The predicted molar refractivity (Wildman–Crippen MR) is 83.2 cm³/mol. The Balaban J connectivity index is 0.00000161. The molecule has 0 saturated carbocycles. The first-order valence-corrected chi connectivity index (χ1v) is 6.61. The minimum absolute atomic E-state index is 0. The van der Waals surface area contributed by atoms with Gasteiger partial charge >= 0.3 is 32.7 Å². The fourth-order valence-corrected chi connectivity index (χ4v) is 2.05. The molecule has 0 atom stereocenters. The van der Waals surface area contributed by atoms with Crippen molar-refractivity contribution in [3.05, 3.63) is 71.0 Å². The summed E-state index contributed by atoms with van der Waals surface area (Å²) >= 11 is 0. The van der Waals surface area contributed by atoms with Crippen LogP contribution in [0.2, 0.25) is 0 Å². The average molecular weight is 348 g/mol. The Morgan fingerprint density at radius 3 is 2.29 bits per heavy atom. The molecule has 0 aliphatic rings. The largest absolute Gasteiger partial charge is 3.00 e. The van der Waals surface area contributed by atoms with Crippen molar-refractivity contribution < 1.29 is 32.7 Å². The molecule has 1 aromatic heterocycles. The van der Waals surface area contributed by atoms with Gasteiger partial charge in [0.15, 0.2) is 0 Å². The summed E-state index contributed by atoms with van der Waals surface area (Å²) in [6.07, 6.45) is 7.09. The van der Waals surface area contributed by atoms with Crippen LogP contribution in [0.3, 0.4) is 0 Å². The molecule has 2 aromatic carbocycles. The van der Waals surface area contributed by atoms with E-state index in [9.17, 15) is 0 Å². The molecule has 0 bridgehead atoms. The zero-order valence-electron chi connectivity index (χ0n) is 12.2. The number of aromatic nitrogens is 2. The van der Waals surface area contributed by atoms with E-state index in [1.54, 1.807) is 0 Å². The van der Waals surface area contributed by atoms with Gasteiger partial charge in [-0.15, -0.1) is 12.3 Å². The maximum Gasteiger partial charge on any atom is 3.00 e. The summed E-state index contributed by atoms with van der Waals surface area (Å²) in [6, 6.07) is 14.5. The Morgan fingerprint density at radius 2 is 1.52 bits per heavy atom. The Kier molecular flexibility index (Phi) is 5.38. The summed E-state index contributed by atoms with van der Waals surface area (Å²) in [5, 5.41) is 0. The van der Waals surface area contributed by atoms with Crippen LogP contribution in [-0.2, 0) is 32.7 Å². The van der Waals surface area contributed by atoms with Gasteiger partial charge in [0.1, 0.15) is 0 Å². The van der Waals surface area contributed by atoms with Crippen LogP contribution in [0.25, 0.3) is 23.2 Å². The van der Waals surface area contributed by atoms with Crippen LogP contribution in [0.4, 0.5) is 0 Å². The van der Waals surface area contributed by atoms with Gasteiger partial charge in [0.05, 0.1) is 0 Å². The molecule has 0 fully saturated rings. The van der Waals surface area contributed by atoms with Crippen molar-refractivity contribution in [1.29, 1.82) is 0 Å². The van der Waals surface area contributed by atoms with Crippen LogP contribution in [0.1, 0.15) is 22.4 Å². The van der Waals surface area contributed by atoms with Crippen LogP contribution in [0.5, 0.6) is 0 Å². The van der Waals surface area contributed by atoms with Crippen LogP contribution < -0.4 is 0 Å². The van der Waals surface area contributed by atoms with Gasteiger partial charge in [-0.1, -0.05) is 59.6 Å². The summed E-state index contributed by atoms with van der Waals surface area (Å²) in [5.41, 5.74) is 6.19. The second-order valence-electron chi connectivity index (χ2n) is 4.91. The van der Waals surface area contributed by atoms with E-state index in [-0.39, 0.29) is 32.7 Å². The Labute approximate surface area is 150 Å². The Hall–Kier alpha value is -1.38. The van der Waals surface area contributed by atoms with E-state index in [4.69, 9.17) is 0 Å². The van der Waals surface area contributed by atoms with Gasteiger partial charge in [-0.2, -0.15) is 0 Å². The van der Waals surface area contributed by atoms with Crippen LogP contribution in [0.15, 0.2) is 42.5 Å². The third kappa shape index (κ3) is 4.06. The smallest absolute Gasteiger partial charge is 0.448 e. The second kappa shape index (κ2) is 7.06. The number of hydrogen-bond acceptors (Lipinski definition) is 2. The fraction of sp³-hybridized carbons (Fsp3) is 0.111. The number of aryl methyl sites for hydroxylation is 2. The molecular weight excluding hydrogens is 333 g/mol. The molecule has 21 heavy (non-hydrogen) atoms. The van der Waals surface area contributed by atoms with Gasteiger partial charge in [-0.3, -0.25) is 4.98 Å². The molecule has 0 radical (unpaired) electrons. The first-order chi connectivity index (χ1) is 9.70. The van der Waals surface area contributed by atoms with E-state index in [1.165, 1.54) is 11.1 Å².